The van der Waals surface area contributed by atoms with Gasteiger partial charge in [-0.1, -0.05) is 12.1 Å². The van der Waals surface area contributed by atoms with Gasteiger partial charge in [-0.2, -0.15) is 0 Å². The minimum atomic E-state index is -1.56. The molecule has 1 heterocycles. The number of phenols is 3. The molecule has 6 heteroatoms. The van der Waals surface area contributed by atoms with Gasteiger partial charge in [-0.15, -0.1) is 0 Å². The molecule has 112 valence electrons. The minimum Gasteiger partial charge on any atom is -0.508 e. The number of hydrogen-bond donors (Lipinski definition) is 3. The van der Waals surface area contributed by atoms with E-state index in [1.165, 1.54) is 30.3 Å². The molecule has 0 aliphatic carbocycles. The maximum atomic E-state index is 12.3. The zero-order chi connectivity index (χ0) is 15.9. The summed E-state index contributed by atoms with van der Waals surface area (Å²) in [4.78, 5) is 23.9. The SMILES string of the molecule is O=C[C@@]1(c2ccc(O)cc2)CC(=O)c2c(O)cc(O)cc2O1. The first kappa shape index (κ1) is 13.9. The molecule has 22 heavy (non-hydrogen) atoms. The van der Waals surface area contributed by atoms with Crippen molar-refractivity contribution in [1.82, 2.24) is 0 Å². The maximum Gasteiger partial charge on any atom is 0.196 e. The lowest BCUT2D eigenvalue weighted by Crippen LogP contribution is -2.41. The van der Waals surface area contributed by atoms with Crippen LogP contribution in [0.2, 0.25) is 0 Å². The zero-order valence-corrected chi connectivity index (χ0v) is 11.3. The van der Waals surface area contributed by atoms with Gasteiger partial charge >= 0.3 is 0 Å². The fourth-order valence-electron chi connectivity index (χ4n) is 2.54. The van der Waals surface area contributed by atoms with Crippen LogP contribution in [0, 0.1) is 0 Å². The van der Waals surface area contributed by atoms with Crippen molar-refractivity contribution < 1.29 is 29.6 Å². The highest BCUT2D eigenvalue weighted by atomic mass is 16.5. The Bertz CT molecular complexity index is 765. The number of ether oxygens (including phenoxy) is 1. The molecule has 0 radical (unpaired) electrons. The number of aromatic hydroxyl groups is 3. The summed E-state index contributed by atoms with van der Waals surface area (Å²) in [5.41, 5.74) is -1.23. The minimum absolute atomic E-state index is 0.0163. The van der Waals surface area contributed by atoms with Gasteiger partial charge in [0, 0.05) is 17.7 Å². The third-order valence-electron chi connectivity index (χ3n) is 3.61. The molecule has 0 unspecified atom stereocenters. The third kappa shape index (κ3) is 2.05. The summed E-state index contributed by atoms with van der Waals surface area (Å²) in [6, 6.07) is 7.92. The van der Waals surface area contributed by atoms with Crippen molar-refractivity contribution >= 4 is 12.1 Å². The Morgan fingerprint density at radius 1 is 1.05 bits per heavy atom. The molecule has 0 bridgehead atoms. The standard InChI is InChI=1S/C16H12O6/c17-8-16(9-1-3-10(18)4-2-9)7-13(21)15-12(20)5-11(19)6-14(15)22-16/h1-6,8,18-20H,7H2/t16-/m1/s1. The highest BCUT2D eigenvalue weighted by molar-refractivity contribution is 6.05. The molecule has 2 aromatic carbocycles. The fourth-order valence-corrected chi connectivity index (χ4v) is 2.54. The summed E-state index contributed by atoms with van der Waals surface area (Å²) in [5, 5.41) is 28.6. The molecular weight excluding hydrogens is 288 g/mol. The first-order valence-electron chi connectivity index (χ1n) is 6.49. The number of phenolic OH excluding ortho intramolecular Hbond substituents is 3. The average Bonchev–Trinajstić information content (AvgIpc) is 2.46. The van der Waals surface area contributed by atoms with Gasteiger partial charge in [0.05, 0.1) is 6.42 Å². The van der Waals surface area contributed by atoms with E-state index in [1.54, 1.807) is 0 Å². The number of aldehydes is 1. The molecule has 0 aromatic heterocycles. The van der Waals surface area contributed by atoms with Crippen molar-refractivity contribution in [2.75, 3.05) is 0 Å². The zero-order valence-electron chi connectivity index (χ0n) is 11.3. The van der Waals surface area contributed by atoms with E-state index in [1.807, 2.05) is 0 Å². The van der Waals surface area contributed by atoms with Gasteiger partial charge in [-0.3, -0.25) is 9.59 Å². The van der Waals surface area contributed by atoms with E-state index in [0.717, 1.165) is 6.07 Å². The Morgan fingerprint density at radius 3 is 2.36 bits per heavy atom. The lowest BCUT2D eigenvalue weighted by atomic mass is 9.85. The van der Waals surface area contributed by atoms with Gasteiger partial charge < -0.3 is 20.1 Å². The molecule has 1 atom stereocenters. The number of benzene rings is 2. The van der Waals surface area contributed by atoms with Crippen molar-refractivity contribution in [1.29, 1.82) is 0 Å². The lowest BCUT2D eigenvalue weighted by Gasteiger charge is -2.34. The second-order valence-electron chi connectivity index (χ2n) is 5.09. The van der Waals surface area contributed by atoms with Crippen molar-refractivity contribution in [3.63, 3.8) is 0 Å². The van der Waals surface area contributed by atoms with Crippen LogP contribution in [0.4, 0.5) is 0 Å². The Morgan fingerprint density at radius 2 is 1.73 bits per heavy atom. The summed E-state index contributed by atoms with van der Waals surface area (Å²) >= 11 is 0. The second-order valence-corrected chi connectivity index (χ2v) is 5.09. The summed E-state index contributed by atoms with van der Waals surface area (Å²) in [5.74, 6) is -1.20. The summed E-state index contributed by atoms with van der Waals surface area (Å²) in [6.07, 6.45) is 0.216. The molecule has 0 saturated carbocycles. The van der Waals surface area contributed by atoms with Gasteiger partial charge in [0.2, 0.25) is 0 Å². The van der Waals surface area contributed by atoms with E-state index in [9.17, 15) is 24.9 Å². The van der Waals surface area contributed by atoms with Crippen LogP contribution in [0.5, 0.6) is 23.0 Å². The van der Waals surface area contributed by atoms with Crippen LogP contribution >= 0.6 is 0 Å². The fraction of sp³-hybridized carbons (Fsp3) is 0.125. The highest BCUT2D eigenvalue weighted by Gasteiger charge is 2.43. The van der Waals surface area contributed by atoms with Crippen LogP contribution in [0.25, 0.3) is 0 Å². The van der Waals surface area contributed by atoms with E-state index >= 15 is 0 Å². The van der Waals surface area contributed by atoms with Gasteiger partial charge in [0.25, 0.3) is 0 Å². The monoisotopic (exact) mass is 300 g/mol. The highest BCUT2D eigenvalue weighted by Crippen LogP contribution is 2.43. The predicted molar refractivity (Wildman–Crippen MR) is 75.2 cm³/mol. The van der Waals surface area contributed by atoms with Crippen LogP contribution in [0.1, 0.15) is 22.3 Å². The number of carbonyl (C=O) groups is 2. The summed E-state index contributed by atoms with van der Waals surface area (Å²) < 4.78 is 5.64. The Hall–Kier alpha value is -3.02. The van der Waals surface area contributed by atoms with E-state index in [-0.39, 0.29) is 29.2 Å². The number of carbonyl (C=O) groups excluding carboxylic acids is 2. The van der Waals surface area contributed by atoms with Crippen LogP contribution in [0.3, 0.4) is 0 Å². The van der Waals surface area contributed by atoms with E-state index in [0.29, 0.717) is 11.8 Å². The average molecular weight is 300 g/mol. The molecule has 0 saturated heterocycles. The Labute approximate surface area is 125 Å². The summed E-state index contributed by atoms with van der Waals surface area (Å²) in [7, 11) is 0. The van der Waals surface area contributed by atoms with Crippen LogP contribution < -0.4 is 4.74 Å². The number of fused-ring (bicyclic) bond motifs is 1. The Kier molecular flexibility index (Phi) is 3.02. The molecule has 3 rings (SSSR count). The lowest BCUT2D eigenvalue weighted by molar-refractivity contribution is -0.122. The third-order valence-corrected chi connectivity index (χ3v) is 3.61. The summed E-state index contributed by atoms with van der Waals surface area (Å²) in [6.45, 7) is 0. The second kappa shape index (κ2) is 4.77. The normalized spacial score (nSPS) is 20.1. The number of hydrogen-bond acceptors (Lipinski definition) is 6. The van der Waals surface area contributed by atoms with E-state index in [2.05, 4.69) is 0 Å². The Balaban J connectivity index is 2.14. The number of rotatable bonds is 2. The number of Topliss-reactive ketones (excluding diaryl/α,β-unsaturated/α-hetero) is 1. The molecule has 1 aliphatic rings. The van der Waals surface area contributed by atoms with Crippen molar-refractivity contribution in [3.05, 3.63) is 47.5 Å². The van der Waals surface area contributed by atoms with Gasteiger partial charge in [-0.25, -0.2) is 0 Å². The predicted octanol–water partition coefficient (Wildman–Crippen LogP) is 1.86. The molecule has 0 amide bonds. The molecular formula is C16H12O6. The first-order valence-corrected chi connectivity index (χ1v) is 6.49. The molecule has 0 fully saturated rings. The topological polar surface area (TPSA) is 104 Å². The molecule has 2 aromatic rings. The van der Waals surface area contributed by atoms with Crippen LogP contribution in [0.15, 0.2) is 36.4 Å². The number of ketones is 1. The van der Waals surface area contributed by atoms with Crippen LogP contribution in [-0.4, -0.2) is 27.4 Å². The maximum absolute atomic E-state index is 12.3. The largest absolute Gasteiger partial charge is 0.508 e. The quantitative estimate of drug-likeness (QED) is 0.731. The van der Waals surface area contributed by atoms with E-state index in [4.69, 9.17) is 4.74 Å². The van der Waals surface area contributed by atoms with Gasteiger partial charge in [0.1, 0.15) is 28.6 Å². The van der Waals surface area contributed by atoms with Gasteiger partial charge in [-0.05, 0) is 12.1 Å². The van der Waals surface area contributed by atoms with E-state index < -0.39 is 17.1 Å². The first-order chi connectivity index (χ1) is 10.4. The van der Waals surface area contributed by atoms with Crippen molar-refractivity contribution in [2.24, 2.45) is 0 Å². The molecule has 3 N–H and O–H groups in total. The van der Waals surface area contributed by atoms with Crippen LogP contribution in [-0.2, 0) is 10.4 Å². The molecule has 6 nitrogen and oxygen atoms in total. The molecule has 0 spiro atoms. The van der Waals surface area contributed by atoms with Crippen molar-refractivity contribution in [2.45, 2.75) is 12.0 Å². The smallest absolute Gasteiger partial charge is 0.196 e. The van der Waals surface area contributed by atoms with Crippen molar-refractivity contribution in [3.8, 4) is 23.0 Å². The van der Waals surface area contributed by atoms with Gasteiger partial charge in [0.15, 0.2) is 17.7 Å². The molecule has 1 aliphatic heterocycles.